The minimum Gasteiger partial charge on any atom is -0.489 e. The van der Waals surface area contributed by atoms with E-state index in [1.54, 1.807) is 30.3 Å². The van der Waals surface area contributed by atoms with E-state index in [2.05, 4.69) is 0 Å². The zero-order valence-electron chi connectivity index (χ0n) is 16.7. The van der Waals surface area contributed by atoms with Crippen molar-refractivity contribution < 1.29 is 18.7 Å². The Morgan fingerprint density at radius 2 is 1.83 bits per heavy atom. The molecule has 1 saturated heterocycles. The predicted octanol–water partition coefficient (Wildman–Crippen LogP) is 6.02. The van der Waals surface area contributed by atoms with Crippen LogP contribution in [0, 0.1) is 11.7 Å². The highest BCUT2D eigenvalue weighted by Crippen LogP contribution is 2.35. The van der Waals surface area contributed by atoms with Crippen molar-refractivity contribution >= 4 is 29.0 Å². The molecule has 0 spiro atoms. The second-order valence-electron chi connectivity index (χ2n) is 7.78. The van der Waals surface area contributed by atoms with Crippen LogP contribution in [0.15, 0.2) is 53.4 Å². The minimum absolute atomic E-state index is 0.174. The largest absolute Gasteiger partial charge is 0.489 e. The number of imide groups is 1. The Morgan fingerprint density at radius 3 is 2.57 bits per heavy atom. The zero-order chi connectivity index (χ0) is 20.9. The molecule has 30 heavy (non-hydrogen) atoms. The summed E-state index contributed by atoms with van der Waals surface area (Å²) in [6.07, 6.45) is 7.56. The Hall–Kier alpha value is -2.60. The molecule has 6 heteroatoms. The number of halogens is 1. The van der Waals surface area contributed by atoms with Crippen LogP contribution in [0.4, 0.5) is 9.18 Å². The minimum atomic E-state index is -0.288. The van der Waals surface area contributed by atoms with Crippen molar-refractivity contribution in [3.05, 3.63) is 70.4 Å². The lowest BCUT2D eigenvalue weighted by atomic mass is 9.89. The predicted molar refractivity (Wildman–Crippen MR) is 116 cm³/mol. The lowest BCUT2D eigenvalue weighted by Gasteiger charge is -2.25. The lowest BCUT2D eigenvalue weighted by molar-refractivity contribution is -0.123. The van der Waals surface area contributed by atoms with E-state index in [4.69, 9.17) is 4.74 Å². The third-order valence-electron chi connectivity index (χ3n) is 5.51. The molecule has 4 rings (SSSR count). The first-order valence-electron chi connectivity index (χ1n) is 10.3. The van der Waals surface area contributed by atoms with Crippen LogP contribution in [0.25, 0.3) is 6.08 Å². The highest BCUT2D eigenvalue weighted by Gasteiger charge is 2.36. The number of thioether (sulfide) groups is 1. The number of carbonyl (C=O) groups is 2. The number of benzene rings is 2. The van der Waals surface area contributed by atoms with E-state index in [9.17, 15) is 14.0 Å². The molecule has 0 bridgehead atoms. The van der Waals surface area contributed by atoms with Crippen LogP contribution < -0.4 is 4.74 Å². The van der Waals surface area contributed by atoms with E-state index in [0.29, 0.717) is 23.1 Å². The molecule has 1 aliphatic carbocycles. The highest BCUT2D eigenvalue weighted by molar-refractivity contribution is 8.18. The number of hydrogen-bond acceptors (Lipinski definition) is 4. The molecule has 2 aromatic rings. The fourth-order valence-electron chi connectivity index (χ4n) is 3.89. The molecule has 1 heterocycles. The maximum absolute atomic E-state index is 13.2. The van der Waals surface area contributed by atoms with Crippen LogP contribution in [0.1, 0.15) is 43.2 Å². The van der Waals surface area contributed by atoms with Crippen molar-refractivity contribution in [2.75, 3.05) is 6.54 Å². The van der Waals surface area contributed by atoms with Gasteiger partial charge < -0.3 is 4.74 Å². The SMILES string of the molecule is O=C1S/C(=C/c2ccc(OCc3cccc(F)c3)cc2)C(=O)N1CC1CCCCC1. The fraction of sp³-hybridized carbons (Fsp3) is 0.333. The van der Waals surface area contributed by atoms with Crippen LogP contribution in [0.2, 0.25) is 0 Å². The highest BCUT2D eigenvalue weighted by atomic mass is 32.2. The summed E-state index contributed by atoms with van der Waals surface area (Å²) in [6.45, 7) is 0.812. The molecule has 0 N–H and O–H groups in total. The van der Waals surface area contributed by atoms with Gasteiger partial charge in [0.2, 0.25) is 0 Å². The zero-order valence-corrected chi connectivity index (χ0v) is 17.5. The number of ether oxygens (including phenoxy) is 1. The van der Waals surface area contributed by atoms with Crippen molar-refractivity contribution in [3.8, 4) is 5.75 Å². The molecule has 2 aliphatic rings. The summed E-state index contributed by atoms with van der Waals surface area (Å²) in [7, 11) is 0. The van der Waals surface area contributed by atoms with Gasteiger partial charge in [-0.05, 0) is 72.0 Å². The van der Waals surface area contributed by atoms with Gasteiger partial charge in [0.05, 0.1) is 4.91 Å². The van der Waals surface area contributed by atoms with Crippen molar-refractivity contribution in [2.24, 2.45) is 5.92 Å². The van der Waals surface area contributed by atoms with E-state index in [0.717, 1.165) is 35.7 Å². The lowest BCUT2D eigenvalue weighted by Crippen LogP contribution is -2.34. The summed E-state index contributed by atoms with van der Waals surface area (Å²) in [5.41, 5.74) is 1.59. The summed E-state index contributed by atoms with van der Waals surface area (Å²) in [5, 5.41) is -0.174. The van der Waals surface area contributed by atoms with Gasteiger partial charge in [-0.25, -0.2) is 4.39 Å². The normalized spacial score (nSPS) is 19.0. The van der Waals surface area contributed by atoms with Crippen molar-refractivity contribution in [1.29, 1.82) is 0 Å². The average molecular weight is 426 g/mol. The van der Waals surface area contributed by atoms with Gasteiger partial charge in [-0.1, -0.05) is 43.5 Å². The summed E-state index contributed by atoms with van der Waals surface area (Å²) in [4.78, 5) is 26.9. The van der Waals surface area contributed by atoms with Crippen molar-refractivity contribution in [3.63, 3.8) is 0 Å². The maximum Gasteiger partial charge on any atom is 0.293 e. The Labute approximate surface area is 180 Å². The number of rotatable bonds is 6. The van der Waals surface area contributed by atoms with E-state index in [1.807, 2.05) is 12.1 Å². The Balaban J connectivity index is 1.37. The summed E-state index contributed by atoms with van der Waals surface area (Å²) < 4.78 is 18.9. The number of carbonyl (C=O) groups excluding carboxylic acids is 2. The van der Waals surface area contributed by atoms with Crippen LogP contribution in [-0.2, 0) is 11.4 Å². The van der Waals surface area contributed by atoms with Crippen LogP contribution in [-0.4, -0.2) is 22.6 Å². The molecule has 0 unspecified atom stereocenters. The molecule has 2 fully saturated rings. The topological polar surface area (TPSA) is 46.6 Å². The molecule has 2 aromatic carbocycles. The van der Waals surface area contributed by atoms with Gasteiger partial charge in [0.15, 0.2) is 0 Å². The first-order valence-corrected chi connectivity index (χ1v) is 11.1. The van der Waals surface area contributed by atoms with Gasteiger partial charge in [-0.2, -0.15) is 0 Å². The average Bonchev–Trinajstić information content (AvgIpc) is 3.01. The second-order valence-corrected chi connectivity index (χ2v) is 8.78. The summed E-state index contributed by atoms with van der Waals surface area (Å²) in [5.74, 6) is 0.605. The molecule has 0 radical (unpaired) electrons. The molecule has 1 aliphatic heterocycles. The second kappa shape index (κ2) is 9.47. The summed E-state index contributed by atoms with van der Waals surface area (Å²) in [6, 6.07) is 13.6. The fourth-order valence-corrected chi connectivity index (χ4v) is 4.74. The van der Waals surface area contributed by atoms with Crippen LogP contribution in [0.3, 0.4) is 0 Å². The summed E-state index contributed by atoms with van der Waals surface area (Å²) >= 11 is 1.01. The first-order chi connectivity index (χ1) is 14.6. The Kier molecular flexibility index (Phi) is 6.53. The van der Waals surface area contributed by atoms with E-state index >= 15 is 0 Å². The number of hydrogen-bond donors (Lipinski definition) is 0. The smallest absolute Gasteiger partial charge is 0.293 e. The molecule has 0 aromatic heterocycles. The number of nitrogens with zero attached hydrogens (tertiary/aromatic N) is 1. The van der Waals surface area contributed by atoms with Gasteiger partial charge in [-0.15, -0.1) is 0 Å². The van der Waals surface area contributed by atoms with Gasteiger partial charge in [0.1, 0.15) is 18.2 Å². The molecule has 156 valence electrons. The van der Waals surface area contributed by atoms with Crippen molar-refractivity contribution in [2.45, 2.75) is 38.7 Å². The molecule has 1 saturated carbocycles. The third-order valence-corrected chi connectivity index (χ3v) is 6.42. The van der Waals surface area contributed by atoms with Crippen LogP contribution >= 0.6 is 11.8 Å². The Bertz CT molecular complexity index is 951. The van der Waals surface area contributed by atoms with Gasteiger partial charge in [0, 0.05) is 6.54 Å². The van der Waals surface area contributed by atoms with E-state index < -0.39 is 0 Å². The van der Waals surface area contributed by atoms with E-state index in [1.165, 1.54) is 36.3 Å². The Morgan fingerprint density at radius 1 is 1.07 bits per heavy atom. The quantitative estimate of drug-likeness (QED) is 0.531. The molecule has 0 atom stereocenters. The van der Waals surface area contributed by atoms with Crippen molar-refractivity contribution in [1.82, 2.24) is 4.90 Å². The number of amides is 2. The molecular weight excluding hydrogens is 401 g/mol. The van der Waals surface area contributed by atoms with Gasteiger partial charge in [-0.3, -0.25) is 14.5 Å². The first kappa shape index (κ1) is 20.7. The third kappa shape index (κ3) is 5.11. The van der Waals surface area contributed by atoms with Gasteiger partial charge >= 0.3 is 0 Å². The standard InChI is InChI=1S/C24H24FNO3S/c25-20-8-4-7-19(13-20)16-29-21-11-9-17(10-12-21)14-22-23(27)26(24(28)30-22)15-18-5-2-1-3-6-18/h4,7-14,18H,1-3,5-6,15-16H2/b22-14+. The van der Waals surface area contributed by atoms with Gasteiger partial charge in [0.25, 0.3) is 11.1 Å². The molecule has 2 amide bonds. The molecular formula is C24H24FNO3S. The molecule has 4 nitrogen and oxygen atoms in total. The monoisotopic (exact) mass is 425 g/mol. The van der Waals surface area contributed by atoms with Crippen LogP contribution in [0.5, 0.6) is 5.75 Å². The van der Waals surface area contributed by atoms with E-state index in [-0.39, 0.29) is 23.6 Å². The maximum atomic E-state index is 13.2.